The number of amides is 4. The molecule has 2 aliphatic heterocycles. The third kappa shape index (κ3) is 15.7. The topological polar surface area (TPSA) is 199 Å². The van der Waals surface area contributed by atoms with E-state index >= 15 is 0 Å². The van der Waals surface area contributed by atoms with Crippen LogP contribution in [0, 0.1) is 18.8 Å². The summed E-state index contributed by atoms with van der Waals surface area (Å²) in [7, 11) is 0. The second-order valence-electron chi connectivity index (χ2n) is 19.3. The molecule has 0 saturated carbocycles. The highest BCUT2D eigenvalue weighted by Gasteiger charge is 2.50. The Bertz CT molecular complexity index is 2220. The van der Waals surface area contributed by atoms with Crippen LogP contribution in [0.15, 0.2) is 72.8 Å². The van der Waals surface area contributed by atoms with Crippen molar-refractivity contribution >= 4 is 41.2 Å². The lowest BCUT2D eigenvalue weighted by Gasteiger charge is -2.41. The van der Waals surface area contributed by atoms with Crippen molar-refractivity contribution in [2.75, 3.05) is 39.5 Å². The molecule has 0 bridgehead atoms. The Morgan fingerprint density at radius 2 is 1.24 bits per heavy atom. The highest BCUT2D eigenvalue weighted by molar-refractivity contribution is 5.99. The summed E-state index contributed by atoms with van der Waals surface area (Å²) in [6.07, 6.45) is 1.43. The van der Waals surface area contributed by atoms with Crippen molar-refractivity contribution in [2.24, 2.45) is 11.8 Å². The van der Waals surface area contributed by atoms with Gasteiger partial charge in [-0.2, -0.15) is 0 Å². The highest BCUT2D eigenvalue weighted by atomic mass is 16.6. The molecular weight excluding hydrogens is 855 g/mol. The summed E-state index contributed by atoms with van der Waals surface area (Å²) >= 11 is 0. The molecule has 0 aliphatic carbocycles. The molecule has 3 aromatic rings. The lowest BCUT2D eigenvalue weighted by atomic mass is 9.93. The lowest BCUT2D eigenvalue weighted by Crippen LogP contribution is -2.61. The van der Waals surface area contributed by atoms with Crippen molar-refractivity contribution in [3.63, 3.8) is 0 Å². The minimum atomic E-state index is -1.09. The number of hydrogen-bond acceptors (Lipinski definition) is 10. The number of rotatable bonds is 24. The third-order valence-electron chi connectivity index (χ3n) is 12.3. The van der Waals surface area contributed by atoms with E-state index in [4.69, 9.17) is 14.2 Å². The van der Waals surface area contributed by atoms with Crippen molar-refractivity contribution in [1.82, 2.24) is 21.3 Å². The predicted octanol–water partition coefficient (Wildman–Crippen LogP) is 4.73. The van der Waals surface area contributed by atoms with Gasteiger partial charge in [0, 0.05) is 18.9 Å². The summed E-state index contributed by atoms with van der Waals surface area (Å²) in [5.74, 6) is -2.82. The third-order valence-corrected chi connectivity index (χ3v) is 12.3. The molecule has 15 nitrogen and oxygen atoms in total. The van der Waals surface area contributed by atoms with E-state index in [1.54, 1.807) is 19.9 Å². The van der Waals surface area contributed by atoms with Gasteiger partial charge in [0.25, 0.3) is 5.91 Å². The van der Waals surface area contributed by atoms with Gasteiger partial charge in [-0.05, 0) is 87.1 Å². The second kappa shape index (κ2) is 23.8. The molecule has 4 amide bonds. The number of epoxide rings is 1. The van der Waals surface area contributed by atoms with Gasteiger partial charge in [0.1, 0.15) is 49.1 Å². The molecule has 0 radical (unpaired) electrons. The Morgan fingerprint density at radius 1 is 0.701 bits per heavy atom. The molecule has 15 heteroatoms. The van der Waals surface area contributed by atoms with Gasteiger partial charge >= 0.3 is 5.97 Å². The number of quaternary nitrogens is 1. The maximum atomic E-state index is 14.5. The van der Waals surface area contributed by atoms with Crippen molar-refractivity contribution in [3.8, 4) is 5.75 Å². The van der Waals surface area contributed by atoms with Crippen LogP contribution in [-0.4, -0.2) is 115 Å². The summed E-state index contributed by atoms with van der Waals surface area (Å²) in [6, 6.07) is 18.4. The number of aryl methyl sites for hydroxylation is 2. The molecule has 0 aromatic heterocycles. The summed E-state index contributed by atoms with van der Waals surface area (Å²) < 4.78 is 16.9. The zero-order chi connectivity index (χ0) is 48.9. The van der Waals surface area contributed by atoms with Gasteiger partial charge < -0.3 is 40.0 Å². The van der Waals surface area contributed by atoms with E-state index in [1.807, 2.05) is 94.4 Å². The number of ketones is 2. The largest absolute Gasteiger partial charge is 0.426 e. The van der Waals surface area contributed by atoms with Gasteiger partial charge in [0.05, 0.1) is 31.4 Å². The number of carbonyl (C=O) groups excluding carboxylic acids is 7. The molecule has 2 aliphatic rings. The summed E-state index contributed by atoms with van der Waals surface area (Å²) in [6.45, 7) is 16.3. The van der Waals surface area contributed by atoms with E-state index < -0.39 is 53.5 Å². The van der Waals surface area contributed by atoms with Crippen LogP contribution in [-0.2, 0) is 57.6 Å². The Hall–Kier alpha value is -5.77. The van der Waals surface area contributed by atoms with Gasteiger partial charge in [-0.25, -0.2) is 0 Å². The SMILES string of the molecule is CC(=O)Oc1c(C)cc(C[N+]2(CC(=O)NC(CCc3ccccc3)C(=O)NC(CC(C)C)C(=O)NC(Cc3ccccc3)C(=O)NC(CC(C)C)C(=O)[C@@]3(C)CO3)CCOCC2)cc1C(C)=O. The van der Waals surface area contributed by atoms with Crippen LogP contribution >= 0.6 is 0 Å². The van der Waals surface area contributed by atoms with Crippen molar-refractivity contribution in [2.45, 2.75) is 124 Å². The predicted molar refractivity (Wildman–Crippen MR) is 253 cm³/mol. The van der Waals surface area contributed by atoms with E-state index in [9.17, 15) is 33.6 Å². The van der Waals surface area contributed by atoms with Crippen LogP contribution in [0.25, 0.3) is 0 Å². The Morgan fingerprint density at radius 3 is 1.81 bits per heavy atom. The van der Waals surface area contributed by atoms with Crippen molar-refractivity contribution in [1.29, 1.82) is 0 Å². The van der Waals surface area contributed by atoms with E-state index in [1.165, 1.54) is 13.8 Å². The number of nitrogens with one attached hydrogen (secondary N) is 4. The van der Waals surface area contributed by atoms with Gasteiger partial charge in [-0.15, -0.1) is 0 Å². The average molecular weight is 925 g/mol. The molecule has 3 aromatic carbocycles. The van der Waals surface area contributed by atoms with Crippen LogP contribution in [0.3, 0.4) is 0 Å². The monoisotopic (exact) mass is 925 g/mol. The van der Waals surface area contributed by atoms with E-state index in [0.29, 0.717) is 51.3 Å². The van der Waals surface area contributed by atoms with E-state index in [2.05, 4.69) is 21.3 Å². The van der Waals surface area contributed by atoms with Crippen molar-refractivity contribution in [3.05, 3.63) is 101 Å². The molecule has 362 valence electrons. The summed E-state index contributed by atoms with van der Waals surface area (Å²) in [4.78, 5) is 95.5. The number of benzene rings is 3. The fourth-order valence-electron chi connectivity index (χ4n) is 8.64. The van der Waals surface area contributed by atoms with Crippen molar-refractivity contribution < 1.29 is 52.3 Å². The minimum absolute atomic E-state index is 0.00358. The van der Waals surface area contributed by atoms with Gasteiger partial charge in [0.2, 0.25) is 17.7 Å². The minimum Gasteiger partial charge on any atom is -0.426 e. The quantitative estimate of drug-likeness (QED) is 0.0320. The van der Waals surface area contributed by atoms with Crippen LogP contribution in [0.1, 0.15) is 100 Å². The maximum Gasteiger partial charge on any atom is 0.308 e. The van der Waals surface area contributed by atoms with Gasteiger partial charge in [0.15, 0.2) is 18.1 Å². The number of esters is 1. The zero-order valence-electron chi connectivity index (χ0n) is 40.4. The molecule has 5 rings (SSSR count). The molecule has 0 spiro atoms. The van der Waals surface area contributed by atoms with Crippen LogP contribution in [0.4, 0.5) is 0 Å². The standard InChI is InChI=1S/C52H69N5O10/c1-33(2)25-43(48(61)52(8)32-66-52)54-51(64)45(29-39-17-13-10-14-18-39)56-50(63)44(26-34(3)4)55-49(62)42(20-19-38-15-11-9-12-16-38)53-46(60)31-57(21-23-65-24-22-57)30-40-27-35(5)47(67-37(7)59)41(28-40)36(6)58/h9-18,27-28,33-34,42-45H,19-26,29-32H2,1-8H3,(H3-,53,54,55,56,60,62,63,64)/p+1/t42?,43?,44?,45?,52-/m1/s1. The van der Waals surface area contributed by atoms with Crippen LogP contribution in [0.5, 0.6) is 5.75 Å². The van der Waals surface area contributed by atoms with Crippen LogP contribution < -0.4 is 26.0 Å². The maximum absolute atomic E-state index is 14.5. The molecule has 2 heterocycles. The number of carbonyl (C=O) groups is 7. The van der Waals surface area contributed by atoms with Gasteiger partial charge in [-0.1, -0.05) is 88.4 Å². The normalized spacial score (nSPS) is 18.2. The molecule has 2 saturated heterocycles. The van der Waals surface area contributed by atoms with Crippen LogP contribution in [0.2, 0.25) is 0 Å². The molecule has 5 atom stereocenters. The highest BCUT2D eigenvalue weighted by Crippen LogP contribution is 2.31. The first-order valence-corrected chi connectivity index (χ1v) is 23.5. The number of nitrogens with zero attached hydrogens (tertiary/aromatic N) is 1. The average Bonchev–Trinajstić information content (AvgIpc) is 4.03. The molecule has 4 N–H and O–H groups in total. The summed E-state index contributed by atoms with van der Waals surface area (Å²) in [5.41, 5.74) is 2.45. The number of hydrogen-bond donors (Lipinski definition) is 4. The number of ether oxygens (including phenoxy) is 3. The van der Waals surface area contributed by atoms with E-state index in [0.717, 1.165) is 16.7 Å². The first kappa shape index (κ1) is 52.2. The fourth-order valence-corrected chi connectivity index (χ4v) is 8.64. The lowest BCUT2D eigenvalue weighted by molar-refractivity contribution is -0.940. The fraction of sp³-hybridized carbons (Fsp3) is 0.519. The first-order chi connectivity index (χ1) is 31.8. The molecular formula is C52H70N5O10+. The molecule has 4 unspecified atom stereocenters. The number of morpholine rings is 1. The van der Waals surface area contributed by atoms with Gasteiger partial charge in [-0.3, -0.25) is 33.6 Å². The summed E-state index contributed by atoms with van der Waals surface area (Å²) in [5, 5.41) is 11.8. The molecule has 2 fully saturated rings. The smallest absolute Gasteiger partial charge is 0.308 e. The van der Waals surface area contributed by atoms with E-state index in [-0.39, 0.29) is 77.5 Å². The Balaban J connectivity index is 1.38. The number of Topliss-reactive ketones (excluding diaryl/α,β-unsaturated/α-hetero) is 2. The molecule has 67 heavy (non-hydrogen) atoms. The Labute approximate surface area is 395 Å². The zero-order valence-corrected chi connectivity index (χ0v) is 40.4. The second-order valence-corrected chi connectivity index (χ2v) is 19.3. The first-order valence-electron chi connectivity index (χ1n) is 23.5. The Kier molecular flexibility index (Phi) is 18.5.